The molecule has 0 amide bonds. The van der Waals surface area contributed by atoms with Crippen molar-refractivity contribution in [2.24, 2.45) is 5.92 Å². The van der Waals surface area contributed by atoms with Crippen LogP contribution in [-0.2, 0) is 0 Å². The Morgan fingerprint density at radius 1 is 0.963 bits per heavy atom. The zero-order valence-corrected chi connectivity index (χ0v) is 16.0. The number of benzene rings is 2. The molecule has 3 aromatic rings. The number of nitrogens with zero attached hydrogens (tertiary/aromatic N) is 2. The van der Waals surface area contributed by atoms with Crippen LogP contribution >= 0.6 is 0 Å². The highest BCUT2D eigenvalue weighted by atomic mass is 16.3. The molecule has 1 atom stereocenters. The van der Waals surface area contributed by atoms with Crippen LogP contribution in [0.25, 0.3) is 11.3 Å². The number of para-hydroxylation sites is 1. The molecule has 0 radical (unpaired) electrons. The van der Waals surface area contributed by atoms with E-state index in [1.54, 1.807) is 0 Å². The molecule has 0 aliphatic heterocycles. The van der Waals surface area contributed by atoms with Crippen LogP contribution in [0.4, 0.5) is 17.5 Å². The molecule has 0 spiro atoms. The average molecular weight is 362 g/mol. The number of hydrogen-bond acceptors (Lipinski definition) is 5. The lowest BCUT2D eigenvalue weighted by Crippen LogP contribution is -2.30. The Morgan fingerprint density at radius 2 is 1.67 bits per heavy atom. The standard InChI is InChI=1S/C22H26N4O/c1-15(2)20(14-27)25-22-24-19(17-10-5-4-6-11-17)13-21(26-22)23-18-12-8-7-9-16(18)3/h4-13,15,20,27H,14H2,1-3H3,(H2,23,24,25,26)/t20-/m0/s1. The van der Waals surface area contributed by atoms with E-state index in [-0.39, 0.29) is 18.6 Å². The Balaban J connectivity index is 1.99. The zero-order valence-electron chi connectivity index (χ0n) is 16.0. The summed E-state index contributed by atoms with van der Waals surface area (Å²) in [5.41, 5.74) is 3.98. The maximum Gasteiger partial charge on any atom is 0.225 e. The van der Waals surface area contributed by atoms with Crippen LogP contribution in [0.2, 0.25) is 0 Å². The molecule has 0 saturated heterocycles. The Labute approximate surface area is 160 Å². The first-order valence-electron chi connectivity index (χ1n) is 9.21. The molecule has 27 heavy (non-hydrogen) atoms. The highest BCUT2D eigenvalue weighted by molar-refractivity contribution is 5.68. The van der Waals surface area contributed by atoms with Gasteiger partial charge in [0, 0.05) is 17.3 Å². The Kier molecular flexibility index (Phi) is 6.04. The van der Waals surface area contributed by atoms with Gasteiger partial charge in [-0.2, -0.15) is 4.98 Å². The van der Waals surface area contributed by atoms with Gasteiger partial charge in [-0.25, -0.2) is 4.98 Å². The van der Waals surface area contributed by atoms with Crippen LogP contribution in [0.15, 0.2) is 60.7 Å². The monoisotopic (exact) mass is 362 g/mol. The van der Waals surface area contributed by atoms with E-state index < -0.39 is 0 Å². The quantitative estimate of drug-likeness (QED) is 0.572. The van der Waals surface area contributed by atoms with Gasteiger partial charge in [0.15, 0.2) is 0 Å². The lowest BCUT2D eigenvalue weighted by atomic mass is 10.1. The molecule has 0 aliphatic rings. The minimum absolute atomic E-state index is 0.0249. The van der Waals surface area contributed by atoms with Crippen LogP contribution in [0.1, 0.15) is 19.4 Å². The van der Waals surface area contributed by atoms with Crippen molar-refractivity contribution < 1.29 is 5.11 Å². The minimum atomic E-state index is -0.109. The van der Waals surface area contributed by atoms with Crippen molar-refractivity contribution in [1.82, 2.24) is 9.97 Å². The predicted octanol–water partition coefficient (Wildman–Crippen LogP) is 4.62. The van der Waals surface area contributed by atoms with Crippen molar-refractivity contribution in [3.8, 4) is 11.3 Å². The third-order valence-electron chi connectivity index (χ3n) is 4.52. The second kappa shape index (κ2) is 8.64. The summed E-state index contributed by atoms with van der Waals surface area (Å²) in [4.78, 5) is 9.29. The van der Waals surface area contributed by atoms with Crippen LogP contribution in [-0.4, -0.2) is 27.7 Å². The summed E-state index contributed by atoms with van der Waals surface area (Å²) in [6, 6.07) is 19.9. The van der Waals surface area contributed by atoms with Gasteiger partial charge in [0.25, 0.3) is 0 Å². The first kappa shape index (κ1) is 18.9. The van der Waals surface area contributed by atoms with Gasteiger partial charge in [0.1, 0.15) is 5.82 Å². The number of rotatable bonds is 7. The van der Waals surface area contributed by atoms with Crippen LogP contribution < -0.4 is 10.6 Å². The maximum absolute atomic E-state index is 9.65. The largest absolute Gasteiger partial charge is 0.394 e. The summed E-state index contributed by atoms with van der Waals surface area (Å²) in [7, 11) is 0. The van der Waals surface area contributed by atoms with E-state index in [0.29, 0.717) is 11.8 Å². The van der Waals surface area contributed by atoms with E-state index >= 15 is 0 Å². The lowest BCUT2D eigenvalue weighted by Gasteiger charge is -2.21. The van der Waals surface area contributed by atoms with Gasteiger partial charge in [0.2, 0.25) is 5.95 Å². The molecule has 140 valence electrons. The van der Waals surface area contributed by atoms with E-state index in [1.807, 2.05) is 54.6 Å². The molecule has 0 aliphatic carbocycles. The van der Waals surface area contributed by atoms with Crippen molar-refractivity contribution >= 4 is 17.5 Å². The number of anilines is 3. The van der Waals surface area contributed by atoms with Crippen molar-refractivity contribution in [1.29, 1.82) is 0 Å². The van der Waals surface area contributed by atoms with Gasteiger partial charge in [-0.15, -0.1) is 0 Å². The SMILES string of the molecule is Cc1ccccc1Nc1cc(-c2ccccc2)nc(N[C@@H](CO)C(C)C)n1. The molecular formula is C22H26N4O. The first-order chi connectivity index (χ1) is 13.1. The number of aromatic nitrogens is 2. The summed E-state index contributed by atoms with van der Waals surface area (Å²) < 4.78 is 0. The van der Waals surface area contributed by atoms with Gasteiger partial charge in [0.05, 0.1) is 18.3 Å². The smallest absolute Gasteiger partial charge is 0.225 e. The molecule has 0 fully saturated rings. The van der Waals surface area contributed by atoms with E-state index in [9.17, 15) is 5.11 Å². The third-order valence-corrected chi connectivity index (χ3v) is 4.52. The fraction of sp³-hybridized carbons (Fsp3) is 0.273. The molecule has 5 nitrogen and oxygen atoms in total. The first-order valence-corrected chi connectivity index (χ1v) is 9.21. The van der Waals surface area contributed by atoms with E-state index in [2.05, 4.69) is 47.4 Å². The summed E-state index contributed by atoms with van der Waals surface area (Å²) in [6.07, 6.45) is 0. The van der Waals surface area contributed by atoms with Crippen molar-refractivity contribution in [3.05, 3.63) is 66.2 Å². The molecular weight excluding hydrogens is 336 g/mol. The molecule has 0 saturated carbocycles. The lowest BCUT2D eigenvalue weighted by molar-refractivity contribution is 0.248. The van der Waals surface area contributed by atoms with Crippen molar-refractivity contribution in [2.45, 2.75) is 26.8 Å². The molecule has 2 aromatic carbocycles. The second-order valence-electron chi connectivity index (χ2n) is 6.95. The number of aliphatic hydroxyl groups excluding tert-OH is 1. The maximum atomic E-state index is 9.65. The Hall–Kier alpha value is -2.92. The predicted molar refractivity (Wildman–Crippen MR) is 111 cm³/mol. The molecule has 5 heteroatoms. The summed E-state index contributed by atoms with van der Waals surface area (Å²) in [5.74, 6) is 1.47. The fourth-order valence-electron chi connectivity index (χ4n) is 2.77. The number of hydrogen-bond donors (Lipinski definition) is 3. The Bertz CT molecular complexity index is 880. The molecule has 1 aromatic heterocycles. The van der Waals surface area contributed by atoms with Crippen molar-refractivity contribution in [2.75, 3.05) is 17.2 Å². The average Bonchev–Trinajstić information content (AvgIpc) is 2.68. The molecule has 3 rings (SSSR count). The number of aryl methyl sites for hydroxylation is 1. The van der Waals surface area contributed by atoms with Crippen LogP contribution in [0.5, 0.6) is 0 Å². The molecule has 1 heterocycles. The van der Waals surface area contributed by atoms with Crippen molar-refractivity contribution in [3.63, 3.8) is 0 Å². The highest BCUT2D eigenvalue weighted by Crippen LogP contribution is 2.25. The molecule has 3 N–H and O–H groups in total. The third kappa shape index (κ3) is 4.83. The molecule has 0 bridgehead atoms. The zero-order chi connectivity index (χ0) is 19.2. The number of aliphatic hydroxyl groups is 1. The normalized spacial score (nSPS) is 12.0. The van der Waals surface area contributed by atoms with Gasteiger partial charge in [-0.1, -0.05) is 62.4 Å². The highest BCUT2D eigenvalue weighted by Gasteiger charge is 2.15. The summed E-state index contributed by atoms with van der Waals surface area (Å²) in [5, 5.41) is 16.3. The van der Waals surface area contributed by atoms with Crippen LogP contribution in [0, 0.1) is 12.8 Å². The summed E-state index contributed by atoms with van der Waals surface area (Å²) >= 11 is 0. The van der Waals surface area contributed by atoms with Gasteiger partial charge in [-0.05, 0) is 24.5 Å². The minimum Gasteiger partial charge on any atom is -0.394 e. The van der Waals surface area contributed by atoms with E-state index in [0.717, 1.165) is 22.5 Å². The topological polar surface area (TPSA) is 70.1 Å². The molecule has 0 unspecified atom stereocenters. The summed E-state index contributed by atoms with van der Waals surface area (Å²) in [6.45, 7) is 6.20. The van der Waals surface area contributed by atoms with E-state index in [1.165, 1.54) is 0 Å². The van der Waals surface area contributed by atoms with Crippen LogP contribution in [0.3, 0.4) is 0 Å². The fourth-order valence-corrected chi connectivity index (χ4v) is 2.77. The number of nitrogens with one attached hydrogen (secondary N) is 2. The Morgan fingerprint density at radius 3 is 2.33 bits per heavy atom. The second-order valence-corrected chi connectivity index (χ2v) is 6.95. The van der Waals surface area contributed by atoms with Gasteiger partial charge in [-0.3, -0.25) is 0 Å². The van der Waals surface area contributed by atoms with Gasteiger partial charge < -0.3 is 15.7 Å². The van der Waals surface area contributed by atoms with E-state index in [4.69, 9.17) is 0 Å². The van der Waals surface area contributed by atoms with Gasteiger partial charge >= 0.3 is 0 Å².